The topological polar surface area (TPSA) is 23.8 Å². The molecule has 0 amide bonds. The Morgan fingerprint density at radius 1 is 1.33 bits per heavy atom. The van der Waals surface area contributed by atoms with E-state index in [1.165, 1.54) is 25.7 Å². The van der Waals surface area contributed by atoms with Crippen LogP contribution in [0, 0.1) is 17.2 Å². The zero-order valence-corrected chi connectivity index (χ0v) is 8.57. The van der Waals surface area contributed by atoms with Gasteiger partial charge in [0.2, 0.25) is 0 Å². The van der Waals surface area contributed by atoms with Gasteiger partial charge in [0.1, 0.15) is 0 Å². The van der Waals surface area contributed by atoms with E-state index in [1.54, 1.807) is 0 Å². The average Bonchev–Trinajstić information content (AvgIpc) is 2.30. The molecule has 2 unspecified atom stereocenters. The monoisotopic (exact) mass is 183 g/mol. The molecule has 1 aliphatic carbocycles. The standard InChI is InChI=1S/C10H17NS/c1-2-12-10-7-5-3-4-6-9(10)8-11/h9-10H,2-7H2,1H3. The van der Waals surface area contributed by atoms with Gasteiger partial charge in [-0.3, -0.25) is 0 Å². The lowest BCUT2D eigenvalue weighted by atomic mass is 10.0. The summed E-state index contributed by atoms with van der Waals surface area (Å²) in [5.74, 6) is 1.49. The maximum Gasteiger partial charge on any atom is 0.0667 e. The highest BCUT2D eigenvalue weighted by Gasteiger charge is 2.22. The van der Waals surface area contributed by atoms with Gasteiger partial charge in [-0.15, -0.1) is 0 Å². The summed E-state index contributed by atoms with van der Waals surface area (Å²) < 4.78 is 0. The lowest BCUT2D eigenvalue weighted by Crippen LogP contribution is -2.14. The van der Waals surface area contributed by atoms with Crippen LogP contribution in [0.3, 0.4) is 0 Å². The summed E-state index contributed by atoms with van der Waals surface area (Å²) in [6, 6.07) is 2.46. The second-order valence-electron chi connectivity index (χ2n) is 3.37. The number of nitriles is 1. The van der Waals surface area contributed by atoms with Crippen LogP contribution in [0.1, 0.15) is 39.0 Å². The molecule has 0 heterocycles. The molecule has 1 rings (SSSR count). The van der Waals surface area contributed by atoms with Crippen molar-refractivity contribution in [1.29, 1.82) is 5.26 Å². The maximum atomic E-state index is 8.95. The Labute approximate surface area is 79.5 Å². The predicted molar refractivity (Wildman–Crippen MR) is 54.1 cm³/mol. The molecule has 12 heavy (non-hydrogen) atoms. The first-order valence-electron chi connectivity index (χ1n) is 4.89. The largest absolute Gasteiger partial charge is 0.198 e. The Bertz CT molecular complexity index is 162. The van der Waals surface area contributed by atoms with E-state index in [4.69, 9.17) is 5.26 Å². The Morgan fingerprint density at radius 2 is 2.08 bits per heavy atom. The molecule has 1 nitrogen and oxygen atoms in total. The molecular weight excluding hydrogens is 166 g/mol. The molecule has 0 N–H and O–H groups in total. The summed E-state index contributed by atoms with van der Waals surface area (Å²) >= 11 is 1.98. The molecule has 1 fully saturated rings. The Hall–Kier alpha value is -0.160. The molecule has 2 heteroatoms. The van der Waals surface area contributed by atoms with Crippen molar-refractivity contribution in [2.75, 3.05) is 5.75 Å². The minimum absolute atomic E-state index is 0.331. The van der Waals surface area contributed by atoms with E-state index in [0.717, 1.165) is 12.2 Å². The van der Waals surface area contributed by atoms with Gasteiger partial charge >= 0.3 is 0 Å². The molecule has 0 bridgehead atoms. The first kappa shape index (κ1) is 9.92. The van der Waals surface area contributed by atoms with E-state index in [1.807, 2.05) is 11.8 Å². The first-order chi connectivity index (χ1) is 5.88. The summed E-state index contributed by atoms with van der Waals surface area (Å²) in [7, 11) is 0. The normalized spacial score (nSPS) is 30.7. The number of hydrogen-bond acceptors (Lipinski definition) is 2. The van der Waals surface area contributed by atoms with Crippen LogP contribution in [0.2, 0.25) is 0 Å². The fourth-order valence-electron chi connectivity index (χ4n) is 1.83. The van der Waals surface area contributed by atoms with Crippen molar-refractivity contribution >= 4 is 11.8 Å². The molecule has 0 spiro atoms. The molecule has 0 saturated heterocycles. The summed E-state index contributed by atoms with van der Waals surface area (Å²) in [4.78, 5) is 0. The minimum atomic E-state index is 0.331. The molecule has 0 radical (unpaired) electrons. The van der Waals surface area contributed by atoms with E-state index in [2.05, 4.69) is 13.0 Å². The van der Waals surface area contributed by atoms with Crippen molar-refractivity contribution in [2.24, 2.45) is 5.92 Å². The quantitative estimate of drug-likeness (QED) is 0.614. The summed E-state index contributed by atoms with van der Waals surface area (Å²) in [6.45, 7) is 2.18. The van der Waals surface area contributed by atoms with Gasteiger partial charge in [-0.25, -0.2) is 0 Å². The van der Waals surface area contributed by atoms with Crippen LogP contribution in [0.25, 0.3) is 0 Å². The smallest absolute Gasteiger partial charge is 0.0667 e. The first-order valence-corrected chi connectivity index (χ1v) is 5.94. The maximum absolute atomic E-state index is 8.95. The van der Waals surface area contributed by atoms with Gasteiger partial charge in [-0.1, -0.05) is 26.2 Å². The third-order valence-corrected chi connectivity index (χ3v) is 3.82. The molecule has 0 aromatic rings. The van der Waals surface area contributed by atoms with Crippen molar-refractivity contribution in [1.82, 2.24) is 0 Å². The van der Waals surface area contributed by atoms with Gasteiger partial charge in [0, 0.05) is 5.25 Å². The Balaban J connectivity index is 2.46. The van der Waals surface area contributed by atoms with Crippen LogP contribution in [0.5, 0.6) is 0 Å². The van der Waals surface area contributed by atoms with Crippen LogP contribution in [-0.4, -0.2) is 11.0 Å². The third-order valence-electron chi connectivity index (χ3n) is 2.50. The van der Waals surface area contributed by atoms with Crippen molar-refractivity contribution in [3.05, 3.63) is 0 Å². The molecule has 1 aliphatic rings. The molecule has 0 aliphatic heterocycles. The fourth-order valence-corrected chi connectivity index (χ4v) is 3.03. The highest BCUT2D eigenvalue weighted by molar-refractivity contribution is 7.99. The number of nitrogens with zero attached hydrogens (tertiary/aromatic N) is 1. The van der Waals surface area contributed by atoms with Crippen LogP contribution < -0.4 is 0 Å². The molecular formula is C10H17NS. The van der Waals surface area contributed by atoms with E-state index >= 15 is 0 Å². The SMILES string of the molecule is CCSC1CCCCCC1C#N. The summed E-state index contributed by atoms with van der Waals surface area (Å²) in [6.07, 6.45) is 6.32. The second-order valence-corrected chi connectivity index (χ2v) is 4.88. The minimum Gasteiger partial charge on any atom is -0.198 e. The number of thioether (sulfide) groups is 1. The van der Waals surface area contributed by atoms with Crippen molar-refractivity contribution in [2.45, 2.75) is 44.3 Å². The van der Waals surface area contributed by atoms with E-state index in [9.17, 15) is 0 Å². The van der Waals surface area contributed by atoms with Gasteiger partial charge in [0.25, 0.3) is 0 Å². The second kappa shape index (κ2) is 5.48. The molecule has 1 saturated carbocycles. The van der Waals surface area contributed by atoms with Crippen LogP contribution in [-0.2, 0) is 0 Å². The van der Waals surface area contributed by atoms with Crippen LogP contribution >= 0.6 is 11.8 Å². The number of rotatable bonds is 2. The highest BCUT2D eigenvalue weighted by atomic mass is 32.2. The Morgan fingerprint density at radius 3 is 2.75 bits per heavy atom. The lowest BCUT2D eigenvalue weighted by molar-refractivity contribution is 0.585. The van der Waals surface area contributed by atoms with Gasteiger partial charge in [-0.2, -0.15) is 17.0 Å². The lowest BCUT2D eigenvalue weighted by Gasteiger charge is -2.17. The molecule has 2 atom stereocenters. The summed E-state index contributed by atoms with van der Waals surface area (Å²) in [5, 5.41) is 9.58. The predicted octanol–water partition coefficient (Wildman–Crippen LogP) is 3.21. The van der Waals surface area contributed by atoms with E-state index in [-0.39, 0.29) is 0 Å². The van der Waals surface area contributed by atoms with E-state index in [0.29, 0.717) is 11.2 Å². The number of hydrogen-bond donors (Lipinski definition) is 0. The van der Waals surface area contributed by atoms with Crippen molar-refractivity contribution < 1.29 is 0 Å². The average molecular weight is 183 g/mol. The van der Waals surface area contributed by atoms with Gasteiger partial charge in [0.15, 0.2) is 0 Å². The Kier molecular flexibility index (Phi) is 4.53. The van der Waals surface area contributed by atoms with Gasteiger partial charge in [0.05, 0.1) is 12.0 Å². The molecule has 68 valence electrons. The van der Waals surface area contributed by atoms with Crippen LogP contribution in [0.4, 0.5) is 0 Å². The fraction of sp³-hybridized carbons (Fsp3) is 0.900. The van der Waals surface area contributed by atoms with Crippen LogP contribution in [0.15, 0.2) is 0 Å². The third kappa shape index (κ3) is 2.71. The summed E-state index contributed by atoms with van der Waals surface area (Å²) in [5.41, 5.74) is 0. The van der Waals surface area contributed by atoms with Gasteiger partial charge < -0.3 is 0 Å². The molecule has 0 aromatic heterocycles. The van der Waals surface area contributed by atoms with Gasteiger partial charge in [-0.05, 0) is 18.6 Å². The highest BCUT2D eigenvalue weighted by Crippen LogP contribution is 2.31. The molecule has 0 aromatic carbocycles. The zero-order chi connectivity index (χ0) is 8.81. The van der Waals surface area contributed by atoms with Crippen molar-refractivity contribution in [3.8, 4) is 6.07 Å². The van der Waals surface area contributed by atoms with Crippen molar-refractivity contribution in [3.63, 3.8) is 0 Å². The van der Waals surface area contributed by atoms with E-state index < -0.39 is 0 Å². The zero-order valence-electron chi connectivity index (χ0n) is 7.75.